The summed E-state index contributed by atoms with van der Waals surface area (Å²) in [7, 11) is 4.32. The Balaban J connectivity index is 1.55. The third-order valence-corrected chi connectivity index (χ3v) is 4.64. The van der Waals surface area contributed by atoms with Gasteiger partial charge in [0.2, 0.25) is 0 Å². The van der Waals surface area contributed by atoms with Crippen molar-refractivity contribution < 1.29 is 0 Å². The first-order valence-corrected chi connectivity index (χ1v) is 8.04. The topological polar surface area (TPSA) is 21.8 Å². The Morgan fingerprint density at radius 3 is 2.11 bits per heavy atom. The molecule has 0 aromatic rings. The van der Waals surface area contributed by atoms with E-state index in [-0.39, 0.29) is 0 Å². The van der Waals surface area contributed by atoms with Gasteiger partial charge in [0.1, 0.15) is 0 Å². The van der Waals surface area contributed by atoms with Crippen molar-refractivity contribution in [3.8, 4) is 0 Å². The summed E-state index contributed by atoms with van der Waals surface area (Å²) in [5, 5.41) is 3.46. The molecule has 2 aliphatic heterocycles. The first-order chi connectivity index (χ1) is 9.24. The smallest absolute Gasteiger partial charge is 0.0110 e. The lowest BCUT2D eigenvalue weighted by molar-refractivity contribution is 0.118. The quantitative estimate of drug-likeness (QED) is 0.760. The van der Waals surface area contributed by atoms with Crippen LogP contribution in [0.4, 0.5) is 0 Å². The molecule has 2 fully saturated rings. The normalized spacial score (nSPS) is 24.2. The lowest BCUT2D eigenvalue weighted by atomic mass is 9.94. The van der Waals surface area contributed by atoms with Crippen LogP contribution in [0.25, 0.3) is 0 Å². The molecule has 19 heavy (non-hydrogen) atoms. The molecular weight excluding hydrogens is 236 g/mol. The molecule has 0 aliphatic carbocycles. The summed E-state index contributed by atoms with van der Waals surface area (Å²) < 4.78 is 0. The number of hydrogen-bond donors (Lipinski definition) is 1. The van der Waals surface area contributed by atoms with Gasteiger partial charge in [-0.15, -0.1) is 0 Å². The summed E-state index contributed by atoms with van der Waals surface area (Å²) in [6, 6.07) is 0. The van der Waals surface area contributed by atoms with Gasteiger partial charge in [-0.2, -0.15) is 0 Å². The van der Waals surface area contributed by atoms with Gasteiger partial charge in [0.15, 0.2) is 0 Å². The van der Waals surface area contributed by atoms with Crippen LogP contribution in [0.15, 0.2) is 0 Å². The van der Waals surface area contributed by atoms with Crippen molar-refractivity contribution in [3.05, 3.63) is 0 Å². The summed E-state index contributed by atoms with van der Waals surface area (Å²) >= 11 is 0. The molecule has 0 radical (unpaired) electrons. The summed E-state index contributed by atoms with van der Waals surface area (Å²) in [5.41, 5.74) is 0. The first kappa shape index (κ1) is 15.2. The van der Waals surface area contributed by atoms with Crippen molar-refractivity contribution in [2.24, 2.45) is 5.92 Å². The second kappa shape index (κ2) is 8.20. The fourth-order valence-electron chi connectivity index (χ4n) is 3.11. The Kier molecular flexibility index (Phi) is 6.57. The molecule has 0 aromatic carbocycles. The van der Waals surface area contributed by atoms with E-state index in [1.54, 1.807) is 0 Å². The zero-order valence-electron chi connectivity index (χ0n) is 12.9. The highest BCUT2D eigenvalue weighted by Crippen LogP contribution is 2.16. The average Bonchev–Trinajstić information content (AvgIpc) is 2.45. The number of hydrogen-bond acceptors (Lipinski definition) is 4. The summed E-state index contributed by atoms with van der Waals surface area (Å²) in [4.78, 5) is 7.57. The van der Waals surface area contributed by atoms with Gasteiger partial charge in [-0.3, -0.25) is 4.90 Å². The highest BCUT2D eigenvalue weighted by Gasteiger charge is 2.18. The molecule has 0 atom stereocenters. The largest absolute Gasteiger partial charge is 0.317 e. The van der Waals surface area contributed by atoms with Crippen molar-refractivity contribution in [1.82, 2.24) is 20.0 Å². The second-order valence-electron chi connectivity index (χ2n) is 6.47. The van der Waals surface area contributed by atoms with Crippen LogP contribution in [0, 0.1) is 5.92 Å². The van der Waals surface area contributed by atoms with Gasteiger partial charge in [0.25, 0.3) is 0 Å². The van der Waals surface area contributed by atoms with E-state index in [0.29, 0.717) is 0 Å². The molecular formula is C15H32N4. The Morgan fingerprint density at radius 1 is 0.947 bits per heavy atom. The molecule has 2 aliphatic rings. The third kappa shape index (κ3) is 5.78. The van der Waals surface area contributed by atoms with Crippen molar-refractivity contribution in [1.29, 1.82) is 0 Å². The van der Waals surface area contributed by atoms with Crippen LogP contribution in [0.5, 0.6) is 0 Å². The van der Waals surface area contributed by atoms with E-state index in [0.717, 1.165) is 5.92 Å². The lowest BCUT2D eigenvalue weighted by Gasteiger charge is -2.36. The van der Waals surface area contributed by atoms with E-state index in [4.69, 9.17) is 0 Å². The molecule has 0 aromatic heterocycles. The zero-order chi connectivity index (χ0) is 13.5. The Morgan fingerprint density at radius 2 is 1.53 bits per heavy atom. The van der Waals surface area contributed by atoms with Crippen molar-refractivity contribution in [2.75, 3.05) is 73.0 Å². The molecule has 4 heteroatoms. The Labute approximate surface area is 119 Å². The number of rotatable bonds is 6. The zero-order valence-corrected chi connectivity index (χ0v) is 12.9. The van der Waals surface area contributed by atoms with Crippen LogP contribution >= 0.6 is 0 Å². The van der Waals surface area contributed by atoms with Crippen LogP contribution in [-0.4, -0.2) is 87.7 Å². The van der Waals surface area contributed by atoms with Gasteiger partial charge < -0.3 is 15.1 Å². The number of nitrogens with zero attached hydrogens (tertiary/aromatic N) is 3. The number of likely N-dealkylation sites (N-methyl/N-ethyl adjacent to an activating group) is 1. The molecule has 112 valence electrons. The van der Waals surface area contributed by atoms with Crippen LogP contribution in [-0.2, 0) is 0 Å². The molecule has 0 saturated carbocycles. The molecule has 0 amide bonds. The molecule has 4 nitrogen and oxygen atoms in total. The van der Waals surface area contributed by atoms with Crippen molar-refractivity contribution in [3.63, 3.8) is 0 Å². The standard InChI is InChI=1S/C15H32N4/c1-17(2)9-10-19-13-11-18(12-14-19)8-5-15-3-6-16-7-4-15/h15-16H,3-14H2,1-2H3. The molecule has 1 N–H and O–H groups in total. The predicted molar refractivity (Wildman–Crippen MR) is 81.6 cm³/mol. The van der Waals surface area contributed by atoms with E-state index in [9.17, 15) is 0 Å². The highest BCUT2D eigenvalue weighted by atomic mass is 15.3. The maximum absolute atomic E-state index is 3.46. The van der Waals surface area contributed by atoms with E-state index < -0.39 is 0 Å². The minimum absolute atomic E-state index is 0.980. The number of nitrogens with one attached hydrogen (secondary N) is 1. The summed E-state index contributed by atoms with van der Waals surface area (Å²) in [6.45, 7) is 11.3. The van der Waals surface area contributed by atoms with Gasteiger partial charge in [0, 0.05) is 39.3 Å². The maximum Gasteiger partial charge on any atom is 0.0110 e. The van der Waals surface area contributed by atoms with Crippen LogP contribution in [0.1, 0.15) is 19.3 Å². The molecule has 0 bridgehead atoms. The van der Waals surface area contributed by atoms with Gasteiger partial charge in [-0.25, -0.2) is 0 Å². The van der Waals surface area contributed by atoms with Crippen molar-refractivity contribution in [2.45, 2.75) is 19.3 Å². The molecule has 2 heterocycles. The minimum atomic E-state index is 0.980. The molecule has 0 unspecified atom stereocenters. The SMILES string of the molecule is CN(C)CCN1CCN(CCC2CCNCC2)CC1. The van der Waals surface area contributed by atoms with E-state index in [1.165, 1.54) is 78.2 Å². The fraction of sp³-hybridized carbons (Fsp3) is 1.00. The van der Waals surface area contributed by atoms with E-state index in [2.05, 4.69) is 34.1 Å². The first-order valence-electron chi connectivity index (χ1n) is 8.04. The molecule has 2 rings (SSSR count). The van der Waals surface area contributed by atoms with Crippen LogP contribution in [0.2, 0.25) is 0 Å². The van der Waals surface area contributed by atoms with E-state index in [1.807, 2.05) is 0 Å². The summed E-state index contributed by atoms with van der Waals surface area (Å²) in [6.07, 6.45) is 4.20. The average molecular weight is 268 g/mol. The maximum atomic E-state index is 3.46. The fourth-order valence-corrected chi connectivity index (χ4v) is 3.11. The van der Waals surface area contributed by atoms with Gasteiger partial charge in [-0.1, -0.05) is 0 Å². The van der Waals surface area contributed by atoms with Crippen molar-refractivity contribution >= 4 is 0 Å². The number of piperazine rings is 1. The monoisotopic (exact) mass is 268 g/mol. The van der Waals surface area contributed by atoms with Crippen LogP contribution in [0.3, 0.4) is 0 Å². The second-order valence-corrected chi connectivity index (χ2v) is 6.47. The summed E-state index contributed by atoms with van der Waals surface area (Å²) in [5.74, 6) is 0.980. The number of piperidine rings is 1. The minimum Gasteiger partial charge on any atom is -0.317 e. The van der Waals surface area contributed by atoms with Crippen LogP contribution < -0.4 is 5.32 Å². The predicted octanol–water partition coefficient (Wildman–Crippen LogP) is 0.555. The van der Waals surface area contributed by atoms with Gasteiger partial charge in [-0.05, 0) is 58.9 Å². The lowest BCUT2D eigenvalue weighted by Crippen LogP contribution is -2.48. The van der Waals surface area contributed by atoms with Gasteiger partial charge in [0.05, 0.1) is 0 Å². The highest BCUT2D eigenvalue weighted by molar-refractivity contribution is 4.75. The molecule has 2 saturated heterocycles. The molecule has 0 spiro atoms. The Hall–Kier alpha value is -0.160. The van der Waals surface area contributed by atoms with E-state index >= 15 is 0 Å². The third-order valence-electron chi connectivity index (χ3n) is 4.64. The Bertz CT molecular complexity index is 230. The van der Waals surface area contributed by atoms with Gasteiger partial charge >= 0.3 is 0 Å².